The lowest BCUT2D eigenvalue weighted by molar-refractivity contribution is 0.0273. The summed E-state index contributed by atoms with van der Waals surface area (Å²) in [6, 6.07) is 2.22. The highest BCUT2D eigenvalue weighted by Gasteiger charge is 2.39. The maximum Gasteiger partial charge on any atom is 0.253 e. The van der Waals surface area contributed by atoms with Gasteiger partial charge in [0.25, 0.3) is 5.91 Å². The number of aromatic nitrogens is 4. The predicted octanol–water partition coefficient (Wildman–Crippen LogP) is 3.20. The number of hydrogen-bond acceptors (Lipinski definition) is 6. The molecule has 0 unspecified atom stereocenters. The molecule has 0 radical (unpaired) electrons. The van der Waals surface area contributed by atoms with Crippen molar-refractivity contribution in [3.63, 3.8) is 0 Å². The third-order valence-electron chi connectivity index (χ3n) is 7.08. The van der Waals surface area contributed by atoms with Crippen LogP contribution in [-0.4, -0.2) is 68.1 Å². The Hall–Kier alpha value is -2.55. The number of carbonyl (C=O) groups is 1. The fraction of sp³-hybridized carbons (Fsp3) is 0.500. The van der Waals surface area contributed by atoms with E-state index in [9.17, 15) is 4.79 Å². The number of nitrogens with zero attached hydrogens (tertiary/aromatic N) is 5. The Kier molecular flexibility index (Phi) is 6.32. The van der Waals surface area contributed by atoms with Crippen LogP contribution in [0, 0.1) is 0 Å². The van der Waals surface area contributed by atoms with E-state index in [1.54, 1.807) is 41.6 Å². The zero-order valence-electron chi connectivity index (χ0n) is 18.9. The van der Waals surface area contributed by atoms with Crippen LogP contribution in [0.5, 0.6) is 0 Å². The maximum absolute atomic E-state index is 13.5. The molecule has 0 spiro atoms. The van der Waals surface area contributed by atoms with Gasteiger partial charge in [0.15, 0.2) is 0 Å². The number of hydrogen-bond donors (Lipinski definition) is 2. The molecule has 33 heavy (non-hydrogen) atoms. The normalized spacial score (nSPS) is 21.2. The third-order valence-corrected chi connectivity index (χ3v) is 7.37. The van der Waals surface area contributed by atoms with Crippen molar-refractivity contribution in [2.45, 2.75) is 50.6 Å². The Labute approximate surface area is 198 Å². The van der Waals surface area contributed by atoms with E-state index in [0.29, 0.717) is 40.0 Å². The van der Waals surface area contributed by atoms with Gasteiger partial charge in [0.05, 0.1) is 22.3 Å². The van der Waals surface area contributed by atoms with Crippen LogP contribution in [0.15, 0.2) is 37.1 Å². The van der Waals surface area contributed by atoms with E-state index in [0.717, 1.165) is 32.5 Å². The highest BCUT2D eigenvalue weighted by Crippen LogP contribution is 2.35. The van der Waals surface area contributed by atoms with E-state index in [1.807, 2.05) is 0 Å². The summed E-state index contributed by atoms with van der Waals surface area (Å²) in [5, 5.41) is 7.92. The van der Waals surface area contributed by atoms with Crippen LogP contribution in [0.1, 0.15) is 49.4 Å². The van der Waals surface area contributed by atoms with Crippen LogP contribution in [0.2, 0.25) is 5.02 Å². The van der Waals surface area contributed by atoms with E-state index < -0.39 is 0 Å². The van der Waals surface area contributed by atoms with E-state index in [4.69, 9.17) is 11.6 Å². The van der Waals surface area contributed by atoms with Crippen molar-refractivity contribution in [2.75, 3.05) is 26.2 Å². The Morgan fingerprint density at radius 1 is 1.24 bits per heavy atom. The Morgan fingerprint density at radius 3 is 2.79 bits per heavy atom. The first-order valence-electron chi connectivity index (χ1n) is 11.8. The molecular formula is C24H30ClN7O. The van der Waals surface area contributed by atoms with Gasteiger partial charge in [-0.1, -0.05) is 30.9 Å². The van der Waals surface area contributed by atoms with Gasteiger partial charge in [-0.2, -0.15) is 0 Å². The van der Waals surface area contributed by atoms with Crippen molar-refractivity contribution in [1.82, 2.24) is 35.1 Å². The molecule has 0 aromatic carbocycles. The van der Waals surface area contributed by atoms with Gasteiger partial charge in [-0.3, -0.25) is 19.2 Å². The molecule has 1 amide bonds. The summed E-state index contributed by atoms with van der Waals surface area (Å²) in [5.74, 6) is 0.347. The number of nitrogens with one attached hydrogen (secondary N) is 2. The fourth-order valence-electron chi connectivity index (χ4n) is 5.41. The monoisotopic (exact) mass is 467 g/mol. The van der Waals surface area contributed by atoms with Gasteiger partial charge in [-0.25, -0.2) is 9.97 Å². The van der Waals surface area contributed by atoms with Crippen LogP contribution in [0.3, 0.4) is 0 Å². The molecule has 4 heterocycles. The van der Waals surface area contributed by atoms with Gasteiger partial charge in [0, 0.05) is 67.9 Å². The van der Waals surface area contributed by atoms with Crippen LogP contribution in [0.4, 0.5) is 0 Å². The van der Waals surface area contributed by atoms with Gasteiger partial charge in [0.2, 0.25) is 5.95 Å². The Morgan fingerprint density at radius 2 is 2.03 bits per heavy atom. The lowest BCUT2D eigenvalue weighted by Crippen LogP contribution is -2.63. The molecule has 3 aromatic rings. The molecule has 1 saturated heterocycles. The first-order valence-corrected chi connectivity index (χ1v) is 12.1. The fourth-order valence-corrected chi connectivity index (χ4v) is 5.66. The summed E-state index contributed by atoms with van der Waals surface area (Å²) in [6.45, 7) is 5.89. The molecule has 9 heteroatoms. The Balaban J connectivity index is 1.44. The van der Waals surface area contributed by atoms with Crippen molar-refractivity contribution in [1.29, 1.82) is 0 Å². The summed E-state index contributed by atoms with van der Waals surface area (Å²) in [6.07, 6.45) is 14.3. The molecule has 1 saturated carbocycles. The molecule has 5 rings (SSSR count). The zero-order valence-corrected chi connectivity index (χ0v) is 19.7. The van der Waals surface area contributed by atoms with Crippen LogP contribution < -0.4 is 10.6 Å². The average Bonchev–Trinajstić information content (AvgIpc) is 3.25. The van der Waals surface area contributed by atoms with E-state index in [2.05, 4.69) is 37.4 Å². The van der Waals surface area contributed by atoms with Crippen molar-refractivity contribution >= 4 is 28.4 Å². The van der Waals surface area contributed by atoms with Crippen LogP contribution in [-0.2, 0) is 0 Å². The van der Waals surface area contributed by atoms with Gasteiger partial charge in [-0.15, -0.1) is 0 Å². The smallest absolute Gasteiger partial charge is 0.253 e. The third kappa shape index (κ3) is 4.35. The van der Waals surface area contributed by atoms with E-state index in [1.165, 1.54) is 19.3 Å². The van der Waals surface area contributed by atoms with Gasteiger partial charge in [0.1, 0.15) is 0 Å². The van der Waals surface area contributed by atoms with Crippen molar-refractivity contribution < 1.29 is 4.79 Å². The van der Waals surface area contributed by atoms with Crippen molar-refractivity contribution in [3.8, 4) is 5.95 Å². The summed E-state index contributed by atoms with van der Waals surface area (Å²) in [5.41, 5.74) is 1.24. The molecule has 8 nitrogen and oxygen atoms in total. The molecule has 2 fully saturated rings. The SMILES string of the molecule is C[C@H]1CN(C2(CNC(=O)c3cn(-c4ncccn4)c4cncc(Cl)c34)CCCCC2)CCN1. The number of rotatable bonds is 5. The first-order chi connectivity index (χ1) is 16.1. The second-order valence-corrected chi connectivity index (χ2v) is 9.65. The standard InChI is InChI=1S/C24H30ClN7O/c1-17-14-31(11-10-27-17)24(6-3-2-4-7-24)16-30-22(33)18-15-32(23-28-8-5-9-29-23)20-13-26-12-19(25)21(18)20/h5,8-9,12-13,15,17,27H,2-4,6-7,10-11,14,16H2,1H3,(H,30,33)/t17-/m0/s1. The topological polar surface area (TPSA) is 88.0 Å². The molecule has 2 N–H and O–H groups in total. The van der Waals surface area contributed by atoms with Gasteiger partial charge in [-0.05, 0) is 25.8 Å². The predicted molar refractivity (Wildman–Crippen MR) is 129 cm³/mol. The number of amides is 1. The molecule has 174 valence electrons. The number of carbonyl (C=O) groups excluding carboxylic acids is 1. The highest BCUT2D eigenvalue weighted by atomic mass is 35.5. The lowest BCUT2D eigenvalue weighted by Gasteiger charge is -2.49. The molecule has 1 aliphatic heterocycles. The van der Waals surface area contributed by atoms with Crippen LogP contribution in [0.25, 0.3) is 16.9 Å². The highest BCUT2D eigenvalue weighted by molar-refractivity contribution is 6.36. The first kappa shape index (κ1) is 22.3. The molecule has 1 atom stereocenters. The second-order valence-electron chi connectivity index (χ2n) is 9.25. The zero-order chi connectivity index (χ0) is 22.8. The summed E-state index contributed by atoms with van der Waals surface area (Å²) in [4.78, 5) is 29.0. The summed E-state index contributed by atoms with van der Waals surface area (Å²) in [7, 11) is 0. The lowest BCUT2D eigenvalue weighted by atomic mass is 9.79. The number of halogens is 1. The minimum Gasteiger partial charge on any atom is -0.350 e. The summed E-state index contributed by atoms with van der Waals surface area (Å²) < 4.78 is 1.78. The molecule has 1 aliphatic carbocycles. The molecular weight excluding hydrogens is 438 g/mol. The number of piperazine rings is 1. The van der Waals surface area contributed by atoms with Crippen molar-refractivity contribution in [3.05, 3.63) is 47.6 Å². The second kappa shape index (κ2) is 9.37. The van der Waals surface area contributed by atoms with E-state index in [-0.39, 0.29) is 11.4 Å². The van der Waals surface area contributed by atoms with Crippen molar-refractivity contribution in [2.24, 2.45) is 0 Å². The maximum atomic E-state index is 13.5. The minimum atomic E-state index is -0.129. The Bertz CT molecular complexity index is 1130. The number of fused-ring (bicyclic) bond motifs is 1. The average molecular weight is 468 g/mol. The quantitative estimate of drug-likeness (QED) is 0.599. The van der Waals surface area contributed by atoms with E-state index >= 15 is 0 Å². The van der Waals surface area contributed by atoms with Gasteiger partial charge >= 0.3 is 0 Å². The largest absolute Gasteiger partial charge is 0.350 e. The van der Waals surface area contributed by atoms with Crippen LogP contribution >= 0.6 is 11.6 Å². The molecule has 2 aliphatic rings. The summed E-state index contributed by atoms with van der Waals surface area (Å²) >= 11 is 6.51. The molecule has 0 bridgehead atoms. The molecule has 3 aromatic heterocycles. The van der Waals surface area contributed by atoms with Gasteiger partial charge < -0.3 is 10.6 Å². The number of pyridine rings is 1. The minimum absolute atomic E-state index is 0.0104.